The summed E-state index contributed by atoms with van der Waals surface area (Å²) in [5.41, 5.74) is 0.428. The van der Waals surface area contributed by atoms with Gasteiger partial charge in [0.2, 0.25) is 5.91 Å². The van der Waals surface area contributed by atoms with E-state index < -0.39 is 11.8 Å². The minimum Gasteiger partial charge on any atom is -0.476 e. The average Bonchev–Trinajstić information content (AvgIpc) is 3.10. The second-order valence-corrected chi connectivity index (χ2v) is 5.72. The van der Waals surface area contributed by atoms with Crippen LogP contribution >= 0.6 is 0 Å². The van der Waals surface area contributed by atoms with Crippen LogP contribution in [-0.2, 0) is 4.79 Å². The Hall–Kier alpha value is -3.10. The summed E-state index contributed by atoms with van der Waals surface area (Å²) in [5.74, 6) is -1.73. The van der Waals surface area contributed by atoms with Gasteiger partial charge in [-0.2, -0.15) is 0 Å². The highest BCUT2D eigenvalue weighted by molar-refractivity contribution is 5.91. The third-order valence-corrected chi connectivity index (χ3v) is 4.02. The van der Waals surface area contributed by atoms with Crippen LogP contribution in [0.5, 0.6) is 0 Å². The number of carboxylic acids is 1. The summed E-state index contributed by atoms with van der Waals surface area (Å²) in [6, 6.07) is 1.31. The third kappa shape index (κ3) is 4.06. The van der Waals surface area contributed by atoms with Crippen molar-refractivity contribution in [3.63, 3.8) is 0 Å². The van der Waals surface area contributed by atoms with Crippen LogP contribution in [0.4, 0.5) is 4.39 Å². The predicted octanol–water partition coefficient (Wildman–Crippen LogP) is 1.39. The Morgan fingerprint density at radius 2 is 2.04 bits per heavy atom. The van der Waals surface area contributed by atoms with Crippen LogP contribution in [0.2, 0.25) is 0 Å². The quantitative estimate of drug-likeness (QED) is 0.840. The van der Waals surface area contributed by atoms with Gasteiger partial charge in [-0.25, -0.2) is 13.9 Å². The van der Waals surface area contributed by atoms with Crippen molar-refractivity contribution in [3.8, 4) is 0 Å². The van der Waals surface area contributed by atoms with E-state index in [0.29, 0.717) is 31.5 Å². The van der Waals surface area contributed by atoms with Crippen LogP contribution < -0.4 is 0 Å². The minimum absolute atomic E-state index is 0.0149. The highest BCUT2D eigenvalue weighted by Crippen LogP contribution is 2.22. The molecule has 0 aliphatic carbocycles. The number of piperidine rings is 1. The molecule has 0 radical (unpaired) electrons. The molecule has 2 aromatic heterocycles. The molecule has 130 valence electrons. The first-order valence-electron chi connectivity index (χ1n) is 7.75. The molecule has 0 atom stereocenters. The zero-order valence-corrected chi connectivity index (χ0v) is 13.2. The van der Waals surface area contributed by atoms with Gasteiger partial charge in [0.15, 0.2) is 5.69 Å². The SMILES string of the molecule is O=C(O)c1cn(C2CCN(C(=O)/C=C/c3cncc(F)c3)CC2)nn1. The lowest BCUT2D eigenvalue weighted by Gasteiger charge is -2.31. The first kappa shape index (κ1) is 16.7. The number of carbonyl (C=O) groups is 2. The number of nitrogens with zero attached hydrogens (tertiary/aromatic N) is 5. The first-order valence-corrected chi connectivity index (χ1v) is 7.75. The molecule has 8 nitrogen and oxygen atoms in total. The molecule has 3 rings (SSSR count). The van der Waals surface area contributed by atoms with Crippen molar-refractivity contribution in [2.75, 3.05) is 13.1 Å². The molecule has 1 N–H and O–H groups in total. The summed E-state index contributed by atoms with van der Waals surface area (Å²) in [4.78, 5) is 28.5. The summed E-state index contributed by atoms with van der Waals surface area (Å²) in [6.45, 7) is 1.05. The Morgan fingerprint density at radius 3 is 2.68 bits per heavy atom. The maximum Gasteiger partial charge on any atom is 0.358 e. The molecule has 25 heavy (non-hydrogen) atoms. The predicted molar refractivity (Wildman–Crippen MR) is 85.1 cm³/mol. The Bertz CT molecular complexity index is 812. The molecule has 0 bridgehead atoms. The van der Waals surface area contributed by atoms with E-state index in [2.05, 4.69) is 15.3 Å². The van der Waals surface area contributed by atoms with Gasteiger partial charge in [-0.15, -0.1) is 5.10 Å². The Balaban J connectivity index is 1.56. The Labute approximate surface area is 142 Å². The van der Waals surface area contributed by atoms with Gasteiger partial charge in [-0.1, -0.05) is 5.21 Å². The summed E-state index contributed by atoms with van der Waals surface area (Å²) in [6.07, 6.45) is 8.22. The summed E-state index contributed by atoms with van der Waals surface area (Å²) >= 11 is 0. The van der Waals surface area contributed by atoms with E-state index in [1.54, 1.807) is 9.58 Å². The van der Waals surface area contributed by atoms with E-state index in [1.807, 2.05) is 0 Å². The number of rotatable bonds is 4. The van der Waals surface area contributed by atoms with Crippen molar-refractivity contribution in [1.82, 2.24) is 24.9 Å². The standard InChI is InChI=1S/C16H16FN5O3/c17-12-7-11(8-18-9-12)1-2-15(23)21-5-3-13(4-6-21)22-10-14(16(24)25)19-20-22/h1-2,7-10,13H,3-6H2,(H,24,25)/b2-1+. The van der Waals surface area contributed by atoms with Gasteiger partial charge >= 0.3 is 5.97 Å². The fourth-order valence-electron chi connectivity index (χ4n) is 2.70. The molecule has 1 amide bonds. The topological polar surface area (TPSA) is 101 Å². The molecule has 3 heterocycles. The van der Waals surface area contributed by atoms with Crippen molar-refractivity contribution in [3.05, 3.63) is 47.8 Å². The lowest BCUT2D eigenvalue weighted by atomic mass is 10.1. The van der Waals surface area contributed by atoms with E-state index >= 15 is 0 Å². The monoisotopic (exact) mass is 345 g/mol. The van der Waals surface area contributed by atoms with E-state index in [-0.39, 0.29) is 17.6 Å². The van der Waals surface area contributed by atoms with E-state index in [0.717, 1.165) is 6.20 Å². The van der Waals surface area contributed by atoms with Gasteiger partial charge in [0.25, 0.3) is 0 Å². The van der Waals surface area contributed by atoms with E-state index in [9.17, 15) is 14.0 Å². The zero-order valence-electron chi connectivity index (χ0n) is 13.2. The van der Waals surface area contributed by atoms with Crippen molar-refractivity contribution in [2.24, 2.45) is 0 Å². The smallest absolute Gasteiger partial charge is 0.358 e. The summed E-state index contributed by atoms with van der Waals surface area (Å²) < 4.78 is 14.6. The number of likely N-dealkylation sites (tertiary alicyclic amines) is 1. The highest BCUT2D eigenvalue weighted by atomic mass is 19.1. The van der Waals surface area contributed by atoms with Crippen molar-refractivity contribution >= 4 is 18.0 Å². The fraction of sp³-hybridized carbons (Fsp3) is 0.312. The number of pyridine rings is 1. The number of amides is 1. The largest absolute Gasteiger partial charge is 0.476 e. The molecule has 0 aromatic carbocycles. The third-order valence-electron chi connectivity index (χ3n) is 4.02. The van der Waals surface area contributed by atoms with Crippen molar-refractivity contribution in [2.45, 2.75) is 18.9 Å². The van der Waals surface area contributed by atoms with Gasteiger partial charge < -0.3 is 10.0 Å². The second-order valence-electron chi connectivity index (χ2n) is 5.72. The molecule has 1 saturated heterocycles. The number of carboxylic acid groups (broad SMARTS) is 1. The van der Waals surface area contributed by atoms with Gasteiger partial charge in [0, 0.05) is 25.4 Å². The fourth-order valence-corrected chi connectivity index (χ4v) is 2.70. The van der Waals surface area contributed by atoms with Crippen LogP contribution in [0.15, 0.2) is 30.7 Å². The molecule has 0 spiro atoms. The first-order chi connectivity index (χ1) is 12.0. The van der Waals surface area contributed by atoms with Gasteiger partial charge in [0.1, 0.15) is 5.82 Å². The number of carbonyl (C=O) groups excluding carboxylic acids is 1. The summed E-state index contributed by atoms with van der Waals surface area (Å²) in [5, 5.41) is 16.3. The molecule has 2 aromatic rings. The van der Waals surface area contributed by atoms with Crippen LogP contribution in [0.1, 0.15) is 34.9 Å². The normalized spacial score (nSPS) is 15.6. The van der Waals surface area contributed by atoms with Crippen LogP contribution in [0.25, 0.3) is 6.08 Å². The number of hydrogen-bond donors (Lipinski definition) is 1. The maximum atomic E-state index is 13.1. The van der Waals surface area contributed by atoms with Crippen LogP contribution in [0.3, 0.4) is 0 Å². The second kappa shape index (κ2) is 7.20. The van der Waals surface area contributed by atoms with Gasteiger partial charge in [-0.3, -0.25) is 9.78 Å². The lowest BCUT2D eigenvalue weighted by Crippen LogP contribution is -2.38. The molecule has 0 unspecified atom stereocenters. The van der Waals surface area contributed by atoms with Gasteiger partial charge in [0.05, 0.1) is 18.4 Å². The van der Waals surface area contributed by atoms with Crippen molar-refractivity contribution in [1.29, 1.82) is 0 Å². The zero-order chi connectivity index (χ0) is 17.8. The number of aromatic nitrogens is 4. The molecule has 9 heteroatoms. The molecule has 0 saturated carbocycles. The Kier molecular flexibility index (Phi) is 4.82. The minimum atomic E-state index is -1.11. The van der Waals surface area contributed by atoms with Crippen LogP contribution in [0, 0.1) is 5.82 Å². The van der Waals surface area contributed by atoms with Crippen LogP contribution in [-0.4, -0.2) is 55.0 Å². The van der Waals surface area contributed by atoms with E-state index in [1.165, 1.54) is 30.6 Å². The maximum absolute atomic E-state index is 13.1. The molecule has 1 fully saturated rings. The number of halogens is 1. The summed E-state index contributed by atoms with van der Waals surface area (Å²) in [7, 11) is 0. The number of hydrogen-bond acceptors (Lipinski definition) is 5. The van der Waals surface area contributed by atoms with Crippen molar-refractivity contribution < 1.29 is 19.1 Å². The lowest BCUT2D eigenvalue weighted by molar-refractivity contribution is -0.127. The van der Waals surface area contributed by atoms with Gasteiger partial charge in [-0.05, 0) is 30.5 Å². The highest BCUT2D eigenvalue weighted by Gasteiger charge is 2.24. The molecule has 1 aliphatic rings. The molecule has 1 aliphatic heterocycles. The molecular weight excluding hydrogens is 329 g/mol. The average molecular weight is 345 g/mol. The Morgan fingerprint density at radius 1 is 1.28 bits per heavy atom. The molecular formula is C16H16FN5O3. The van der Waals surface area contributed by atoms with E-state index in [4.69, 9.17) is 5.11 Å². The number of aromatic carboxylic acids is 1.